The molecule has 0 atom stereocenters. The van der Waals surface area contributed by atoms with Gasteiger partial charge >= 0.3 is 6.18 Å². The molecule has 0 spiro atoms. The quantitative estimate of drug-likeness (QED) is 0.810. The zero-order chi connectivity index (χ0) is 19.1. The van der Waals surface area contributed by atoms with E-state index in [1.165, 1.54) is 6.07 Å². The molecule has 2 N–H and O–H groups in total. The number of hydrogen-bond acceptors (Lipinski definition) is 3. The summed E-state index contributed by atoms with van der Waals surface area (Å²) in [5.41, 5.74) is -0.695. The highest BCUT2D eigenvalue weighted by Gasteiger charge is 2.36. The Kier molecular flexibility index (Phi) is 4.82. The van der Waals surface area contributed by atoms with E-state index < -0.39 is 32.6 Å². The van der Waals surface area contributed by atoms with Crippen LogP contribution < -0.4 is 5.14 Å². The number of nitrogens with zero attached hydrogens (tertiary/aromatic N) is 2. The van der Waals surface area contributed by atoms with Crippen molar-refractivity contribution >= 4 is 10.0 Å². The molecule has 1 aromatic carbocycles. The van der Waals surface area contributed by atoms with E-state index in [0.717, 1.165) is 55.0 Å². The molecule has 1 saturated carbocycles. The van der Waals surface area contributed by atoms with Crippen molar-refractivity contribution in [2.45, 2.75) is 49.1 Å². The summed E-state index contributed by atoms with van der Waals surface area (Å²) in [6.45, 7) is 0. The lowest BCUT2D eigenvalue weighted by Crippen LogP contribution is -2.15. The predicted octanol–water partition coefficient (Wildman–Crippen LogP) is 3.73. The van der Waals surface area contributed by atoms with Crippen molar-refractivity contribution in [3.8, 4) is 5.69 Å². The minimum atomic E-state index is -4.63. The molecule has 0 saturated heterocycles. The summed E-state index contributed by atoms with van der Waals surface area (Å²) in [4.78, 5) is -0.719. The zero-order valence-electron chi connectivity index (χ0n) is 13.6. The Morgan fingerprint density at radius 3 is 2.31 bits per heavy atom. The van der Waals surface area contributed by atoms with Crippen molar-refractivity contribution in [3.63, 3.8) is 0 Å². The average molecular weight is 391 g/mol. The van der Waals surface area contributed by atoms with Gasteiger partial charge in [-0.3, -0.25) is 0 Å². The van der Waals surface area contributed by atoms with Crippen LogP contribution in [-0.2, 0) is 16.2 Å². The lowest BCUT2D eigenvalue weighted by atomic mass is 9.86. The van der Waals surface area contributed by atoms with Gasteiger partial charge in [0.25, 0.3) is 0 Å². The fourth-order valence-electron chi connectivity index (χ4n) is 3.28. The van der Waals surface area contributed by atoms with Gasteiger partial charge in [0.15, 0.2) is 5.69 Å². The molecule has 1 aromatic heterocycles. The summed E-state index contributed by atoms with van der Waals surface area (Å²) in [6, 6.07) is 3.95. The van der Waals surface area contributed by atoms with Crippen LogP contribution in [-0.4, -0.2) is 18.2 Å². The van der Waals surface area contributed by atoms with Gasteiger partial charge in [-0.15, -0.1) is 0 Å². The standard InChI is InChI=1S/C16H17F4N3O2S/c17-12-8-11(6-7-14(12)26(21,24)25)23-13(10-4-2-1-3-5-10)9-15(22-23)16(18,19)20/h6-10H,1-5H2,(H2,21,24,25). The maximum Gasteiger partial charge on any atom is 0.435 e. The molecule has 142 valence electrons. The third kappa shape index (κ3) is 3.75. The van der Waals surface area contributed by atoms with E-state index in [1.807, 2.05) is 0 Å². The molecule has 5 nitrogen and oxygen atoms in total. The molecule has 0 radical (unpaired) electrons. The largest absolute Gasteiger partial charge is 0.435 e. The third-order valence-corrected chi connectivity index (χ3v) is 5.46. The number of aromatic nitrogens is 2. The summed E-state index contributed by atoms with van der Waals surface area (Å²) in [6.07, 6.45) is -0.366. The van der Waals surface area contributed by atoms with Gasteiger partial charge in [-0.2, -0.15) is 18.3 Å². The molecule has 3 rings (SSSR count). The van der Waals surface area contributed by atoms with Gasteiger partial charge in [0.2, 0.25) is 10.0 Å². The number of hydrogen-bond donors (Lipinski definition) is 1. The normalized spacial score (nSPS) is 16.8. The number of halogens is 4. The predicted molar refractivity (Wildman–Crippen MR) is 85.7 cm³/mol. The van der Waals surface area contributed by atoms with Gasteiger partial charge in [0.1, 0.15) is 10.7 Å². The van der Waals surface area contributed by atoms with E-state index in [9.17, 15) is 26.0 Å². The first kappa shape index (κ1) is 18.8. The van der Waals surface area contributed by atoms with Crippen LogP contribution in [0.3, 0.4) is 0 Å². The van der Waals surface area contributed by atoms with E-state index in [4.69, 9.17) is 5.14 Å². The minimum absolute atomic E-state index is 0.0194. The Hall–Kier alpha value is -1.94. The molecule has 2 aromatic rings. The highest BCUT2D eigenvalue weighted by atomic mass is 32.2. The summed E-state index contributed by atoms with van der Waals surface area (Å²) >= 11 is 0. The average Bonchev–Trinajstić information content (AvgIpc) is 3.00. The number of sulfonamides is 1. The summed E-state index contributed by atoms with van der Waals surface area (Å²) in [5.74, 6) is -1.25. The van der Waals surface area contributed by atoms with Crippen LogP contribution in [0.25, 0.3) is 5.69 Å². The van der Waals surface area contributed by atoms with E-state index in [1.54, 1.807) is 0 Å². The van der Waals surface area contributed by atoms with Crippen LogP contribution in [0.15, 0.2) is 29.2 Å². The molecule has 1 aliphatic carbocycles. The van der Waals surface area contributed by atoms with Gasteiger partial charge in [-0.1, -0.05) is 19.3 Å². The first-order valence-electron chi connectivity index (χ1n) is 8.07. The number of nitrogens with two attached hydrogens (primary N) is 1. The lowest BCUT2D eigenvalue weighted by molar-refractivity contribution is -0.141. The number of alkyl halides is 3. The fourth-order valence-corrected chi connectivity index (χ4v) is 3.87. The number of rotatable bonds is 3. The molecule has 0 amide bonds. The summed E-state index contributed by atoms with van der Waals surface area (Å²) in [7, 11) is -4.27. The van der Waals surface area contributed by atoms with Gasteiger partial charge < -0.3 is 0 Å². The van der Waals surface area contributed by atoms with Crippen LogP contribution in [0.5, 0.6) is 0 Å². The highest BCUT2D eigenvalue weighted by molar-refractivity contribution is 7.89. The Bertz CT molecular complexity index is 916. The maximum atomic E-state index is 14.1. The number of benzene rings is 1. The number of primary sulfonamides is 1. The van der Waals surface area contributed by atoms with E-state index >= 15 is 0 Å². The molecule has 0 unspecified atom stereocenters. The van der Waals surface area contributed by atoms with Crippen LogP contribution in [0, 0.1) is 5.82 Å². The molecule has 10 heteroatoms. The smallest absolute Gasteiger partial charge is 0.237 e. The summed E-state index contributed by atoms with van der Waals surface area (Å²) in [5, 5.41) is 8.52. The molecule has 1 fully saturated rings. The van der Waals surface area contributed by atoms with Crippen LogP contribution in [0.1, 0.15) is 49.4 Å². The molecule has 26 heavy (non-hydrogen) atoms. The minimum Gasteiger partial charge on any atom is -0.237 e. The second-order valence-electron chi connectivity index (χ2n) is 6.36. The fraction of sp³-hybridized carbons (Fsp3) is 0.438. The Morgan fingerprint density at radius 1 is 1.12 bits per heavy atom. The Balaban J connectivity index is 2.11. The molecular weight excluding hydrogens is 374 g/mol. The van der Waals surface area contributed by atoms with Gasteiger partial charge in [-0.25, -0.2) is 22.6 Å². The molecule has 1 heterocycles. The third-order valence-electron chi connectivity index (χ3n) is 4.52. The van der Waals surface area contributed by atoms with Crippen molar-refractivity contribution in [2.24, 2.45) is 5.14 Å². The van der Waals surface area contributed by atoms with Crippen LogP contribution in [0.2, 0.25) is 0 Å². The molecule has 1 aliphatic rings. The lowest BCUT2D eigenvalue weighted by Gasteiger charge is -2.22. The summed E-state index contributed by atoms with van der Waals surface area (Å²) < 4.78 is 77.2. The Labute approximate surface area is 147 Å². The maximum absolute atomic E-state index is 14.1. The molecule has 0 bridgehead atoms. The molecule has 0 aliphatic heterocycles. The first-order valence-corrected chi connectivity index (χ1v) is 9.62. The Morgan fingerprint density at radius 2 is 1.77 bits per heavy atom. The van der Waals surface area contributed by atoms with Crippen molar-refractivity contribution in [1.29, 1.82) is 0 Å². The van der Waals surface area contributed by atoms with Gasteiger partial charge in [0.05, 0.1) is 5.69 Å². The van der Waals surface area contributed by atoms with Gasteiger partial charge in [0, 0.05) is 17.7 Å². The van der Waals surface area contributed by atoms with E-state index in [2.05, 4.69) is 5.10 Å². The SMILES string of the molecule is NS(=O)(=O)c1ccc(-n2nc(C(F)(F)F)cc2C2CCCCC2)cc1F. The van der Waals surface area contributed by atoms with Gasteiger partial charge in [-0.05, 0) is 31.0 Å². The van der Waals surface area contributed by atoms with Crippen molar-refractivity contribution in [2.75, 3.05) is 0 Å². The van der Waals surface area contributed by atoms with Crippen LogP contribution in [0.4, 0.5) is 17.6 Å². The van der Waals surface area contributed by atoms with Crippen molar-refractivity contribution in [3.05, 3.63) is 41.5 Å². The van der Waals surface area contributed by atoms with Crippen molar-refractivity contribution in [1.82, 2.24) is 9.78 Å². The van der Waals surface area contributed by atoms with Crippen LogP contribution >= 0.6 is 0 Å². The second-order valence-corrected chi connectivity index (χ2v) is 7.89. The first-order chi connectivity index (χ1) is 12.1. The zero-order valence-corrected chi connectivity index (χ0v) is 14.4. The topological polar surface area (TPSA) is 78.0 Å². The monoisotopic (exact) mass is 391 g/mol. The van der Waals surface area contributed by atoms with E-state index in [-0.39, 0.29) is 11.6 Å². The second kappa shape index (κ2) is 6.66. The molecular formula is C16H17F4N3O2S. The highest BCUT2D eigenvalue weighted by Crippen LogP contribution is 2.37. The van der Waals surface area contributed by atoms with Crippen molar-refractivity contribution < 1.29 is 26.0 Å². The van der Waals surface area contributed by atoms with E-state index in [0.29, 0.717) is 5.69 Å².